The maximum Gasteiger partial charge on any atom is 0.255 e. The van der Waals surface area contributed by atoms with E-state index >= 15 is 0 Å². The minimum atomic E-state index is -2.43. The molecule has 0 saturated heterocycles. The number of hydrogen-bond donors (Lipinski definition) is 5. The molecule has 1 aromatic heterocycles. The number of nitrogens with two attached hydrogens (primary N) is 1. The molecule has 0 radical (unpaired) electrons. The van der Waals surface area contributed by atoms with Crippen molar-refractivity contribution in [2.45, 2.75) is 24.9 Å². The van der Waals surface area contributed by atoms with Gasteiger partial charge in [0.05, 0.1) is 12.5 Å². The summed E-state index contributed by atoms with van der Waals surface area (Å²) in [6, 6.07) is 3.57. The van der Waals surface area contributed by atoms with E-state index in [0.717, 1.165) is 11.3 Å². The smallest absolute Gasteiger partial charge is 0.255 e. The molecule has 0 unspecified atom stereocenters. The van der Waals surface area contributed by atoms with E-state index in [2.05, 4.69) is 6.58 Å². The lowest BCUT2D eigenvalue weighted by Crippen LogP contribution is -2.56. The van der Waals surface area contributed by atoms with E-state index in [1.54, 1.807) is 6.07 Å². The average molecular weight is 479 g/mol. The molecule has 3 atom stereocenters. The molecule has 182 valence electrons. The van der Waals surface area contributed by atoms with E-state index in [-0.39, 0.29) is 35.7 Å². The van der Waals surface area contributed by atoms with Gasteiger partial charge in [-0.2, -0.15) is 0 Å². The number of aromatic hydroxyl groups is 1. The summed E-state index contributed by atoms with van der Waals surface area (Å²) in [6.45, 7) is 4.14. The fourth-order valence-corrected chi connectivity index (χ4v) is 5.88. The maximum atomic E-state index is 13.1. The first-order valence-corrected chi connectivity index (χ1v) is 11.2. The fraction of sp³-hybridized carbons (Fsp3) is 0.308. The monoisotopic (exact) mass is 478 g/mol. The Bertz CT molecular complexity index is 1370. The van der Waals surface area contributed by atoms with Crippen LogP contribution in [0.15, 0.2) is 58.3 Å². The molecule has 3 aliphatic carbocycles. The van der Waals surface area contributed by atoms with Gasteiger partial charge in [-0.3, -0.25) is 9.59 Å². The molecule has 0 fully saturated rings. The number of nitrogens with zero attached hydrogens (tertiary/aromatic N) is 1. The van der Waals surface area contributed by atoms with Gasteiger partial charge in [0.25, 0.3) is 5.91 Å². The largest absolute Gasteiger partial charge is 0.511 e. The third-order valence-corrected chi connectivity index (χ3v) is 7.51. The highest BCUT2D eigenvalue weighted by Crippen LogP contribution is 2.56. The highest BCUT2D eigenvalue weighted by Gasteiger charge is 2.59. The van der Waals surface area contributed by atoms with Crippen LogP contribution >= 0.6 is 0 Å². The van der Waals surface area contributed by atoms with Gasteiger partial charge in [-0.15, -0.1) is 0 Å². The number of phenols is 1. The first-order valence-electron chi connectivity index (χ1n) is 11.2. The number of amides is 1. The van der Waals surface area contributed by atoms with E-state index < -0.39 is 40.3 Å². The second-order valence-electron chi connectivity index (χ2n) is 9.61. The molecule has 1 amide bonds. The third-order valence-electron chi connectivity index (χ3n) is 7.51. The number of fused-ring (bicyclic) bond motifs is 3. The lowest BCUT2D eigenvalue weighted by Gasteiger charge is -2.47. The van der Waals surface area contributed by atoms with Crippen LogP contribution < -0.4 is 10.6 Å². The number of anilines is 1. The maximum absolute atomic E-state index is 13.1. The van der Waals surface area contributed by atoms with Crippen molar-refractivity contribution in [2.75, 3.05) is 19.0 Å². The predicted octanol–water partition coefficient (Wildman–Crippen LogP) is 2.74. The van der Waals surface area contributed by atoms with Crippen LogP contribution in [0.25, 0.3) is 16.7 Å². The van der Waals surface area contributed by atoms with Crippen molar-refractivity contribution in [1.82, 2.24) is 0 Å². The summed E-state index contributed by atoms with van der Waals surface area (Å²) >= 11 is 0. The first-order chi connectivity index (χ1) is 16.5. The van der Waals surface area contributed by atoms with E-state index in [4.69, 9.17) is 10.2 Å². The van der Waals surface area contributed by atoms with E-state index in [0.29, 0.717) is 23.1 Å². The van der Waals surface area contributed by atoms with Crippen LogP contribution in [0.4, 0.5) is 5.69 Å². The van der Waals surface area contributed by atoms with E-state index in [9.17, 15) is 30.0 Å². The molecular formula is C26H26N2O7. The van der Waals surface area contributed by atoms with Gasteiger partial charge in [0.15, 0.2) is 5.60 Å². The number of Topliss-reactive ketones (excluding diaryl/α,β-unsaturated/α-hetero) is 1. The van der Waals surface area contributed by atoms with Crippen LogP contribution in [-0.2, 0) is 16.0 Å². The van der Waals surface area contributed by atoms with Gasteiger partial charge in [-0.05, 0) is 42.0 Å². The Hall–Kier alpha value is -3.98. The van der Waals surface area contributed by atoms with Crippen molar-refractivity contribution < 1.29 is 34.4 Å². The minimum Gasteiger partial charge on any atom is -0.511 e. The Morgan fingerprint density at radius 2 is 1.97 bits per heavy atom. The third kappa shape index (κ3) is 2.97. The normalized spacial score (nSPS) is 25.8. The summed E-state index contributed by atoms with van der Waals surface area (Å²) < 4.78 is 5.19. The summed E-state index contributed by atoms with van der Waals surface area (Å²) in [5.41, 5.74) is 5.88. The average Bonchev–Trinajstić information content (AvgIpc) is 3.30. The molecule has 9 nitrogen and oxygen atoms in total. The number of allylic oxidation sites excluding steroid dienone is 3. The molecule has 3 aliphatic rings. The Morgan fingerprint density at radius 1 is 1.26 bits per heavy atom. The number of furan rings is 1. The number of primary amides is 1. The second kappa shape index (κ2) is 7.51. The van der Waals surface area contributed by atoms with Crippen molar-refractivity contribution in [3.05, 3.63) is 65.0 Å². The van der Waals surface area contributed by atoms with Gasteiger partial charge in [0.1, 0.15) is 22.8 Å². The molecule has 0 aliphatic heterocycles. The number of aliphatic hydroxyl groups excluding tert-OH is 2. The van der Waals surface area contributed by atoms with Gasteiger partial charge in [-0.1, -0.05) is 6.58 Å². The van der Waals surface area contributed by atoms with Crippen molar-refractivity contribution >= 4 is 23.0 Å². The molecule has 9 heteroatoms. The SMILES string of the molecule is C=C1C2=C(O)[C@]3(O)C(=O)C(C(N)=O)=C(O)C[C@@H]3C[C@@H]2Cc2c(N(C)C)cc(-c3ccoc3)c(O)c21. The Labute approximate surface area is 201 Å². The summed E-state index contributed by atoms with van der Waals surface area (Å²) in [6.07, 6.45) is 3.46. The molecule has 1 aromatic carbocycles. The number of carbonyl (C=O) groups is 2. The van der Waals surface area contributed by atoms with Crippen molar-refractivity contribution in [3.63, 3.8) is 0 Å². The van der Waals surface area contributed by atoms with Crippen LogP contribution in [0, 0.1) is 11.8 Å². The van der Waals surface area contributed by atoms with Crippen LogP contribution in [0.3, 0.4) is 0 Å². The van der Waals surface area contributed by atoms with E-state index in [1.165, 1.54) is 12.5 Å². The Balaban J connectivity index is 1.73. The zero-order valence-corrected chi connectivity index (χ0v) is 19.3. The molecule has 2 aromatic rings. The number of hydrogen-bond acceptors (Lipinski definition) is 8. The van der Waals surface area contributed by atoms with Gasteiger partial charge in [-0.25, -0.2) is 0 Å². The summed E-state index contributed by atoms with van der Waals surface area (Å²) in [5.74, 6) is -4.67. The van der Waals surface area contributed by atoms with Crippen molar-refractivity contribution in [2.24, 2.45) is 17.6 Å². The van der Waals surface area contributed by atoms with Gasteiger partial charge < -0.3 is 35.5 Å². The van der Waals surface area contributed by atoms with Gasteiger partial charge >= 0.3 is 0 Å². The van der Waals surface area contributed by atoms with Crippen molar-refractivity contribution in [1.29, 1.82) is 0 Å². The van der Waals surface area contributed by atoms with Crippen molar-refractivity contribution in [3.8, 4) is 16.9 Å². The van der Waals surface area contributed by atoms with Crippen LogP contribution in [-0.4, -0.2) is 51.8 Å². The fourth-order valence-electron chi connectivity index (χ4n) is 5.88. The van der Waals surface area contributed by atoms with E-state index in [1.807, 2.05) is 25.1 Å². The van der Waals surface area contributed by atoms with Crippen LogP contribution in [0.2, 0.25) is 0 Å². The van der Waals surface area contributed by atoms with Crippen LogP contribution in [0.1, 0.15) is 24.0 Å². The minimum absolute atomic E-state index is 0.0600. The molecule has 0 bridgehead atoms. The number of ketones is 1. The highest BCUT2D eigenvalue weighted by molar-refractivity contribution is 6.23. The Kier molecular flexibility index (Phi) is 4.89. The predicted molar refractivity (Wildman–Crippen MR) is 128 cm³/mol. The topological polar surface area (TPSA) is 157 Å². The van der Waals surface area contributed by atoms with Gasteiger partial charge in [0, 0.05) is 54.4 Å². The molecule has 0 spiro atoms. The number of phenolic OH excluding ortho intramolecular Hbond substituents is 1. The molecule has 5 rings (SSSR count). The number of aliphatic hydroxyl groups is 3. The summed E-state index contributed by atoms with van der Waals surface area (Å²) in [7, 11) is 3.76. The summed E-state index contributed by atoms with van der Waals surface area (Å²) in [5, 5.41) is 44.4. The quantitative estimate of drug-likeness (QED) is 0.421. The molecule has 1 heterocycles. The standard InChI is InChI=1S/C26H26N2O7/c1-11-19-13(6-14-8-18(29)21(25(27)33)24(32)26(14,34)23(19)31)7-16-17(28(2)3)9-15(22(30)20(11)16)12-4-5-35-10-12/h4-5,9-10,13-14,29-31,34H,1,6-8H2,2-3H3,(H2,27,33)/t13-,14+,26+/m1/s1. The van der Waals surface area contributed by atoms with Gasteiger partial charge in [0.2, 0.25) is 5.78 Å². The second-order valence-corrected chi connectivity index (χ2v) is 9.61. The highest BCUT2D eigenvalue weighted by atomic mass is 16.3. The lowest BCUT2D eigenvalue weighted by atomic mass is 9.59. The molecular weight excluding hydrogens is 452 g/mol. The number of benzene rings is 1. The zero-order valence-electron chi connectivity index (χ0n) is 19.3. The zero-order chi connectivity index (χ0) is 25.4. The molecule has 0 saturated carbocycles. The number of carbonyl (C=O) groups excluding carboxylic acids is 2. The number of rotatable bonds is 3. The first kappa shape index (κ1) is 22.8. The summed E-state index contributed by atoms with van der Waals surface area (Å²) in [4.78, 5) is 26.9. The Morgan fingerprint density at radius 3 is 2.57 bits per heavy atom. The lowest BCUT2D eigenvalue weighted by molar-refractivity contribution is -0.144. The molecule has 35 heavy (non-hydrogen) atoms. The molecule has 6 N–H and O–H groups in total. The van der Waals surface area contributed by atoms with Crippen LogP contribution in [0.5, 0.6) is 5.75 Å².